The number of likely N-dealkylation sites (tertiary alicyclic amines) is 1. The van der Waals surface area contributed by atoms with Crippen LogP contribution in [0.1, 0.15) is 30.4 Å². The van der Waals surface area contributed by atoms with E-state index in [-0.39, 0.29) is 44.3 Å². The second-order valence-electron chi connectivity index (χ2n) is 8.69. The summed E-state index contributed by atoms with van der Waals surface area (Å²) in [6.45, 7) is 0.645. The first-order chi connectivity index (χ1) is 16.9. The van der Waals surface area contributed by atoms with Gasteiger partial charge in [0.2, 0.25) is 12.0 Å². The van der Waals surface area contributed by atoms with Crippen molar-refractivity contribution in [1.29, 1.82) is 0 Å². The van der Waals surface area contributed by atoms with Crippen LogP contribution in [0.25, 0.3) is 0 Å². The van der Waals surface area contributed by atoms with Crippen LogP contribution in [0, 0.1) is 5.82 Å². The highest BCUT2D eigenvalue weighted by molar-refractivity contribution is 5.97. The lowest BCUT2D eigenvalue weighted by atomic mass is 9.89. The molecular weight excluding hydrogens is 457 g/mol. The van der Waals surface area contributed by atoms with Crippen molar-refractivity contribution < 1.29 is 33.4 Å². The summed E-state index contributed by atoms with van der Waals surface area (Å²) in [5.41, 5.74) is 0.666. The van der Waals surface area contributed by atoms with E-state index >= 15 is 4.39 Å². The van der Waals surface area contributed by atoms with Gasteiger partial charge in [-0.15, -0.1) is 0 Å². The third-order valence-corrected chi connectivity index (χ3v) is 6.59. The summed E-state index contributed by atoms with van der Waals surface area (Å²) in [6, 6.07) is 9.98. The van der Waals surface area contributed by atoms with Crippen molar-refractivity contribution in [2.24, 2.45) is 4.99 Å². The number of benzene rings is 2. The number of nitrogens with zero attached hydrogens (tertiary/aromatic N) is 3. The highest BCUT2D eigenvalue weighted by Crippen LogP contribution is 2.39. The Bertz CT molecular complexity index is 1150. The van der Waals surface area contributed by atoms with E-state index in [1.165, 1.54) is 21.9 Å². The first-order valence-corrected chi connectivity index (χ1v) is 11.3. The number of rotatable bonds is 7. The summed E-state index contributed by atoms with van der Waals surface area (Å²) in [4.78, 5) is 41.7. The summed E-state index contributed by atoms with van der Waals surface area (Å²) in [5.74, 6) is 0.383. The fourth-order valence-corrected chi connectivity index (χ4v) is 4.54. The van der Waals surface area contributed by atoms with Crippen LogP contribution in [0.4, 0.5) is 14.9 Å². The third-order valence-electron chi connectivity index (χ3n) is 6.59. The van der Waals surface area contributed by atoms with Gasteiger partial charge >= 0.3 is 6.09 Å². The van der Waals surface area contributed by atoms with E-state index in [0.717, 1.165) is 5.56 Å². The molecule has 4 rings (SSSR count). The Kier molecular flexibility index (Phi) is 7.02. The minimum Gasteiger partial charge on any atom is -0.497 e. The van der Waals surface area contributed by atoms with Crippen LogP contribution in [-0.2, 0) is 22.6 Å². The van der Waals surface area contributed by atoms with Gasteiger partial charge in [0.15, 0.2) is 0 Å². The number of aliphatic imine (C=N–C) groups is 1. The molecule has 184 valence electrons. The number of halogens is 1. The zero-order valence-electron chi connectivity index (χ0n) is 19.3. The number of hydrogen-bond acceptors (Lipinski definition) is 6. The SMILES string of the molecule is COc1ccc(CN2C(=O)CCc3c(OCC4(N=C=O)CCN(C(=O)O)CC4)ccc(F)c32)cc1. The average Bonchev–Trinajstić information content (AvgIpc) is 2.86. The van der Waals surface area contributed by atoms with Crippen molar-refractivity contribution in [3.05, 3.63) is 53.3 Å². The van der Waals surface area contributed by atoms with Gasteiger partial charge in [-0.05, 0) is 49.1 Å². The number of methoxy groups -OCH3 is 1. The molecule has 2 aliphatic heterocycles. The second kappa shape index (κ2) is 10.1. The maximum Gasteiger partial charge on any atom is 0.407 e. The third kappa shape index (κ3) is 5.12. The van der Waals surface area contributed by atoms with Crippen molar-refractivity contribution in [2.75, 3.05) is 31.7 Å². The normalized spacial score (nSPS) is 16.8. The Labute approximate surface area is 201 Å². The van der Waals surface area contributed by atoms with Gasteiger partial charge < -0.3 is 24.4 Å². The molecule has 0 radical (unpaired) electrons. The standard InChI is InChI=1S/C25H26FN3O6/c1-34-18-4-2-17(3-5-18)14-29-22(31)9-6-19-21(8-7-20(26)23(19)29)35-15-25(27-16-30)10-12-28(13-11-25)24(32)33/h2-5,7-8H,6,9-15H2,1H3,(H,32,33). The minimum atomic E-state index is -1.02. The van der Waals surface area contributed by atoms with Crippen LogP contribution in [0.3, 0.4) is 0 Å². The fourth-order valence-electron chi connectivity index (χ4n) is 4.54. The summed E-state index contributed by atoms with van der Waals surface area (Å²) < 4.78 is 26.2. The van der Waals surface area contributed by atoms with Crippen molar-refractivity contribution >= 4 is 23.8 Å². The van der Waals surface area contributed by atoms with E-state index in [9.17, 15) is 19.5 Å². The summed E-state index contributed by atoms with van der Waals surface area (Å²) in [7, 11) is 1.57. The molecule has 0 unspecified atom stereocenters. The molecule has 2 amide bonds. The van der Waals surface area contributed by atoms with Crippen LogP contribution >= 0.6 is 0 Å². The van der Waals surface area contributed by atoms with Crippen molar-refractivity contribution in [3.63, 3.8) is 0 Å². The lowest BCUT2D eigenvalue weighted by Crippen LogP contribution is -2.48. The number of carboxylic acid groups (broad SMARTS) is 1. The Balaban J connectivity index is 1.57. The number of isocyanates is 1. The van der Waals surface area contributed by atoms with Crippen LogP contribution in [0.15, 0.2) is 41.4 Å². The van der Waals surface area contributed by atoms with Crippen molar-refractivity contribution in [1.82, 2.24) is 4.90 Å². The Morgan fingerprint density at radius 1 is 1.17 bits per heavy atom. The number of amides is 2. The Morgan fingerprint density at radius 2 is 1.89 bits per heavy atom. The smallest absolute Gasteiger partial charge is 0.407 e. The summed E-state index contributed by atoms with van der Waals surface area (Å²) >= 11 is 0. The van der Waals surface area contributed by atoms with Gasteiger partial charge in [-0.1, -0.05) is 12.1 Å². The number of fused-ring (bicyclic) bond motifs is 1. The predicted molar refractivity (Wildman–Crippen MR) is 124 cm³/mol. The Hall–Kier alpha value is -3.91. The van der Waals surface area contributed by atoms with Crippen LogP contribution in [0.5, 0.6) is 11.5 Å². The summed E-state index contributed by atoms with van der Waals surface area (Å²) in [6.07, 6.45) is 1.69. The van der Waals surface area contributed by atoms with Gasteiger partial charge in [-0.2, -0.15) is 4.99 Å². The molecule has 35 heavy (non-hydrogen) atoms. The largest absolute Gasteiger partial charge is 0.497 e. The van der Waals surface area contributed by atoms with Gasteiger partial charge in [0.05, 0.1) is 19.3 Å². The van der Waals surface area contributed by atoms with Crippen LogP contribution in [0.2, 0.25) is 0 Å². The molecule has 0 atom stereocenters. The molecule has 2 heterocycles. The molecule has 2 aliphatic rings. The molecule has 2 aromatic rings. The molecule has 0 bridgehead atoms. The quantitative estimate of drug-likeness (QED) is 0.477. The maximum absolute atomic E-state index is 15.0. The highest BCUT2D eigenvalue weighted by atomic mass is 19.1. The van der Waals surface area contributed by atoms with Gasteiger partial charge in [-0.25, -0.2) is 14.0 Å². The van der Waals surface area contributed by atoms with Crippen LogP contribution in [-0.4, -0.2) is 60.4 Å². The molecule has 0 aliphatic carbocycles. The topological polar surface area (TPSA) is 109 Å². The Morgan fingerprint density at radius 3 is 2.51 bits per heavy atom. The van der Waals surface area contributed by atoms with Crippen molar-refractivity contribution in [2.45, 2.75) is 37.8 Å². The van der Waals surface area contributed by atoms with E-state index < -0.39 is 17.4 Å². The first kappa shape index (κ1) is 24.2. The number of ether oxygens (including phenoxy) is 2. The van der Waals surface area contributed by atoms with Gasteiger partial charge in [0.1, 0.15) is 29.5 Å². The van der Waals surface area contributed by atoms with Crippen LogP contribution < -0.4 is 14.4 Å². The first-order valence-electron chi connectivity index (χ1n) is 11.3. The lowest BCUT2D eigenvalue weighted by molar-refractivity contribution is -0.119. The summed E-state index contributed by atoms with van der Waals surface area (Å²) in [5, 5.41) is 9.20. The molecule has 1 saturated heterocycles. The van der Waals surface area contributed by atoms with E-state index in [1.807, 2.05) is 12.1 Å². The predicted octanol–water partition coefficient (Wildman–Crippen LogP) is 3.54. The maximum atomic E-state index is 15.0. The number of anilines is 1. The van der Waals surface area contributed by atoms with E-state index in [1.54, 1.807) is 25.3 Å². The number of hydrogen-bond donors (Lipinski definition) is 1. The molecule has 1 N–H and O–H groups in total. The van der Waals surface area contributed by atoms with Gasteiger partial charge in [-0.3, -0.25) is 4.79 Å². The number of piperidine rings is 1. The molecular formula is C25H26FN3O6. The monoisotopic (exact) mass is 483 g/mol. The molecule has 0 aromatic heterocycles. The average molecular weight is 483 g/mol. The van der Waals surface area contributed by atoms with Gasteiger partial charge in [0, 0.05) is 25.1 Å². The van der Waals surface area contributed by atoms with Crippen molar-refractivity contribution in [3.8, 4) is 11.5 Å². The molecule has 1 fully saturated rings. The number of carbonyl (C=O) groups is 2. The number of carbonyl (C=O) groups excluding carboxylic acids is 2. The fraction of sp³-hybridized carbons (Fsp3) is 0.400. The highest BCUT2D eigenvalue weighted by Gasteiger charge is 2.38. The molecule has 9 nitrogen and oxygen atoms in total. The minimum absolute atomic E-state index is 0.0141. The molecule has 2 aromatic carbocycles. The van der Waals surface area contributed by atoms with E-state index in [4.69, 9.17) is 9.47 Å². The van der Waals surface area contributed by atoms with E-state index in [0.29, 0.717) is 36.3 Å². The molecule has 0 spiro atoms. The molecule has 0 saturated carbocycles. The molecule has 10 heteroatoms. The van der Waals surface area contributed by atoms with E-state index in [2.05, 4.69) is 4.99 Å². The zero-order chi connectivity index (χ0) is 25.0. The second-order valence-corrected chi connectivity index (χ2v) is 8.69. The van der Waals surface area contributed by atoms with Gasteiger partial charge in [0.25, 0.3) is 0 Å². The zero-order valence-corrected chi connectivity index (χ0v) is 19.3. The lowest BCUT2D eigenvalue weighted by Gasteiger charge is -2.37.